The van der Waals surface area contributed by atoms with E-state index in [4.69, 9.17) is 4.74 Å². The monoisotopic (exact) mass is 260 g/mol. The topological polar surface area (TPSA) is 43.4 Å². The van der Waals surface area contributed by atoms with Gasteiger partial charge < -0.3 is 9.53 Å². The largest absolute Gasteiger partial charge is 0.462 e. The molecule has 1 aromatic carbocycles. The quantitative estimate of drug-likeness (QED) is 0.603. The van der Waals surface area contributed by atoms with E-state index < -0.39 is 0 Å². The lowest BCUT2D eigenvalue weighted by Gasteiger charge is -2.37. The van der Waals surface area contributed by atoms with Crippen molar-refractivity contribution in [3.05, 3.63) is 35.9 Å². The summed E-state index contributed by atoms with van der Waals surface area (Å²) in [5.74, 6) is -0.0573. The zero-order valence-corrected chi connectivity index (χ0v) is 11.5. The van der Waals surface area contributed by atoms with Crippen molar-refractivity contribution in [1.29, 1.82) is 0 Å². The number of carbonyl (C=O) groups is 2. The molecule has 3 nitrogen and oxygen atoms in total. The summed E-state index contributed by atoms with van der Waals surface area (Å²) in [5, 5.41) is 0. The van der Waals surface area contributed by atoms with Crippen molar-refractivity contribution < 1.29 is 14.3 Å². The summed E-state index contributed by atoms with van der Waals surface area (Å²) in [6, 6.07) is 9.98. The van der Waals surface area contributed by atoms with Gasteiger partial charge in [-0.1, -0.05) is 44.2 Å². The molecule has 0 bridgehead atoms. The standard InChI is InChI=1S/C16H20O3/c1-16(2,14-8-9-15(18)19-14)13(10-11-17)12-6-4-3-5-7-12/h3-7,11,13-14H,8-10H2,1-2H3/t13-,14?/m1/s1. The SMILES string of the molecule is CC(C)(C1CCC(=O)O1)[C@H](CC=O)c1ccccc1. The minimum atomic E-state index is -0.242. The summed E-state index contributed by atoms with van der Waals surface area (Å²) < 4.78 is 5.42. The smallest absolute Gasteiger partial charge is 0.306 e. The van der Waals surface area contributed by atoms with E-state index in [-0.39, 0.29) is 23.4 Å². The molecular weight excluding hydrogens is 240 g/mol. The van der Waals surface area contributed by atoms with E-state index in [1.807, 2.05) is 30.3 Å². The Morgan fingerprint density at radius 3 is 2.58 bits per heavy atom. The molecule has 102 valence electrons. The molecule has 0 spiro atoms. The van der Waals surface area contributed by atoms with E-state index in [1.165, 1.54) is 0 Å². The Bertz CT molecular complexity index is 450. The number of aldehydes is 1. The highest BCUT2D eigenvalue weighted by atomic mass is 16.5. The van der Waals surface area contributed by atoms with Crippen molar-refractivity contribution in [1.82, 2.24) is 0 Å². The first-order valence-corrected chi connectivity index (χ1v) is 6.73. The first kappa shape index (κ1) is 13.8. The fourth-order valence-corrected chi connectivity index (χ4v) is 2.92. The maximum absolute atomic E-state index is 11.3. The van der Waals surface area contributed by atoms with Crippen LogP contribution < -0.4 is 0 Å². The molecule has 0 saturated carbocycles. The average Bonchev–Trinajstić information content (AvgIpc) is 2.84. The molecule has 1 heterocycles. The van der Waals surface area contributed by atoms with Gasteiger partial charge in [0.05, 0.1) is 0 Å². The zero-order chi connectivity index (χ0) is 13.9. The number of benzene rings is 1. The second kappa shape index (κ2) is 5.55. The van der Waals surface area contributed by atoms with Crippen molar-refractivity contribution in [2.24, 2.45) is 5.41 Å². The van der Waals surface area contributed by atoms with Crippen molar-refractivity contribution >= 4 is 12.3 Å². The summed E-state index contributed by atoms with van der Waals surface area (Å²) in [4.78, 5) is 22.3. The normalized spacial score (nSPS) is 20.9. The number of hydrogen-bond acceptors (Lipinski definition) is 3. The van der Waals surface area contributed by atoms with Crippen LogP contribution in [0.5, 0.6) is 0 Å². The Morgan fingerprint density at radius 1 is 1.37 bits per heavy atom. The highest BCUT2D eigenvalue weighted by Crippen LogP contribution is 2.44. The third kappa shape index (κ3) is 2.86. The van der Waals surface area contributed by atoms with Gasteiger partial charge in [0.25, 0.3) is 0 Å². The van der Waals surface area contributed by atoms with Gasteiger partial charge in [-0.05, 0) is 17.9 Å². The number of rotatable bonds is 5. The summed E-state index contributed by atoms with van der Waals surface area (Å²) >= 11 is 0. The Morgan fingerprint density at radius 2 is 2.05 bits per heavy atom. The van der Waals surface area contributed by atoms with Crippen LogP contribution >= 0.6 is 0 Å². The van der Waals surface area contributed by atoms with Crippen molar-refractivity contribution in [3.63, 3.8) is 0 Å². The number of esters is 1. The van der Waals surface area contributed by atoms with Gasteiger partial charge >= 0.3 is 5.97 Å². The van der Waals surface area contributed by atoms with Crippen molar-refractivity contribution in [3.8, 4) is 0 Å². The maximum Gasteiger partial charge on any atom is 0.306 e. The first-order valence-electron chi connectivity index (χ1n) is 6.73. The van der Waals surface area contributed by atoms with E-state index in [0.29, 0.717) is 12.8 Å². The summed E-state index contributed by atoms with van der Waals surface area (Å²) in [7, 11) is 0. The molecule has 1 aliphatic rings. The Labute approximate surface area is 114 Å². The van der Waals surface area contributed by atoms with Crippen LogP contribution in [-0.4, -0.2) is 18.4 Å². The van der Waals surface area contributed by atoms with E-state index in [1.54, 1.807) is 0 Å². The molecule has 0 aromatic heterocycles. The van der Waals surface area contributed by atoms with E-state index in [0.717, 1.165) is 18.3 Å². The molecule has 2 rings (SSSR count). The van der Waals surface area contributed by atoms with Crippen LogP contribution in [0, 0.1) is 5.41 Å². The van der Waals surface area contributed by atoms with E-state index >= 15 is 0 Å². The highest BCUT2D eigenvalue weighted by molar-refractivity contribution is 5.71. The van der Waals surface area contributed by atoms with Crippen LogP contribution in [0.4, 0.5) is 0 Å². The van der Waals surface area contributed by atoms with Crippen LogP contribution in [-0.2, 0) is 14.3 Å². The molecule has 1 saturated heterocycles. The molecule has 1 unspecified atom stereocenters. The summed E-state index contributed by atoms with van der Waals surface area (Å²) in [6.07, 6.45) is 2.52. The third-order valence-corrected chi connectivity index (χ3v) is 4.15. The minimum Gasteiger partial charge on any atom is -0.462 e. The van der Waals surface area contributed by atoms with Crippen LogP contribution in [0.15, 0.2) is 30.3 Å². The molecule has 19 heavy (non-hydrogen) atoms. The summed E-state index contributed by atoms with van der Waals surface area (Å²) in [6.45, 7) is 4.16. The second-order valence-corrected chi connectivity index (χ2v) is 5.70. The maximum atomic E-state index is 11.3. The van der Waals surface area contributed by atoms with Gasteiger partial charge in [-0.25, -0.2) is 0 Å². The molecule has 0 N–H and O–H groups in total. The molecule has 2 atom stereocenters. The zero-order valence-electron chi connectivity index (χ0n) is 11.5. The van der Waals surface area contributed by atoms with Gasteiger partial charge in [0, 0.05) is 18.3 Å². The van der Waals surface area contributed by atoms with Crippen LogP contribution in [0.3, 0.4) is 0 Å². The predicted molar refractivity (Wildman–Crippen MR) is 72.8 cm³/mol. The van der Waals surface area contributed by atoms with Gasteiger partial charge in [0.1, 0.15) is 12.4 Å². The van der Waals surface area contributed by atoms with Crippen LogP contribution in [0.25, 0.3) is 0 Å². The second-order valence-electron chi connectivity index (χ2n) is 5.70. The first-order chi connectivity index (χ1) is 9.05. The number of cyclic esters (lactones) is 1. The Balaban J connectivity index is 2.27. The van der Waals surface area contributed by atoms with Gasteiger partial charge in [-0.15, -0.1) is 0 Å². The fourth-order valence-electron chi connectivity index (χ4n) is 2.92. The number of hydrogen-bond donors (Lipinski definition) is 0. The van der Waals surface area contributed by atoms with Gasteiger partial charge in [0.15, 0.2) is 0 Å². The predicted octanol–water partition coefficient (Wildman–Crippen LogP) is 3.09. The molecule has 1 fully saturated rings. The third-order valence-electron chi connectivity index (χ3n) is 4.15. The molecular formula is C16H20O3. The summed E-state index contributed by atoms with van der Waals surface area (Å²) in [5.41, 5.74) is 0.886. The lowest BCUT2D eigenvalue weighted by atomic mass is 9.69. The minimum absolute atomic E-state index is 0.0714. The van der Waals surface area contributed by atoms with E-state index in [2.05, 4.69) is 13.8 Å². The lowest BCUT2D eigenvalue weighted by molar-refractivity contribution is -0.146. The lowest BCUT2D eigenvalue weighted by Crippen LogP contribution is -2.35. The Hall–Kier alpha value is -1.64. The molecule has 3 heteroatoms. The van der Waals surface area contributed by atoms with Crippen LogP contribution in [0.1, 0.15) is 44.6 Å². The van der Waals surface area contributed by atoms with Crippen LogP contribution in [0.2, 0.25) is 0 Å². The van der Waals surface area contributed by atoms with Gasteiger partial charge in [-0.3, -0.25) is 4.79 Å². The molecule has 1 aliphatic heterocycles. The average molecular weight is 260 g/mol. The molecule has 1 aromatic rings. The fraction of sp³-hybridized carbons (Fsp3) is 0.500. The number of carbonyl (C=O) groups excluding carboxylic acids is 2. The number of ether oxygens (including phenoxy) is 1. The van der Waals surface area contributed by atoms with Gasteiger partial charge in [-0.2, -0.15) is 0 Å². The highest BCUT2D eigenvalue weighted by Gasteiger charge is 2.42. The van der Waals surface area contributed by atoms with Crippen molar-refractivity contribution in [2.45, 2.75) is 45.1 Å². The molecule has 0 radical (unpaired) electrons. The van der Waals surface area contributed by atoms with E-state index in [9.17, 15) is 9.59 Å². The van der Waals surface area contributed by atoms with Crippen molar-refractivity contribution in [2.75, 3.05) is 0 Å². The molecule has 0 amide bonds. The Kier molecular flexibility index (Phi) is 4.03. The molecule has 0 aliphatic carbocycles. The van der Waals surface area contributed by atoms with Gasteiger partial charge in [0.2, 0.25) is 0 Å².